The van der Waals surface area contributed by atoms with Crippen LogP contribution < -0.4 is 0 Å². The lowest BCUT2D eigenvalue weighted by Gasteiger charge is -2.21. The molecular weight excluding hydrogens is 471 g/mol. The van der Waals surface area contributed by atoms with Crippen molar-refractivity contribution in [2.24, 2.45) is 0 Å². The monoisotopic (exact) mass is 509 g/mol. The molecule has 0 saturated heterocycles. The van der Waals surface area contributed by atoms with Crippen molar-refractivity contribution in [3.63, 3.8) is 0 Å². The van der Waals surface area contributed by atoms with Crippen LogP contribution in [0.15, 0.2) is 48.5 Å². The number of carboxylic acid groups (broad SMARTS) is 1. The summed E-state index contributed by atoms with van der Waals surface area (Å²) in [5.74, 6) is -1.12. The van der Waals surface area contributed by atoms with E-state index >= 15 is 0 Å². The molecule has 0 aliphatic carbocycles. The van der Waals surface area contributed by atoms with E-state index in [2.05, 4.69) is 12.1 Å². The second-order valence-corrected chi connectivity index (χ2v) is 9.13. The van der Waals surface area contributed by atoms with Crippen LogP contribution in [-0.2, 0) is 35.3 Å². The second-order valence-electron chi connectivity index (χ2n) is 9.13. The van der Waals surface area contributed by atoms with E-state index in [1.165, 1.54) is 61.3 Å². The Morgan fingerprint density at radius 1 is 0.722 bits per heavy atom. The Balaban J connectivity index is 1.78. The van der Waals surface area contributed by atoms with Gasteiger partial charge in [0, 0.05) is 19.7 Å². The molecule has 0 aliphatic rings. The van der Waals surface area contributed by atoms with Gasteiger partial charge in [-0.3, -0.25) is 4.84 Å². The van der Waals surface area contributed by atoms with Crippen LogP contribution in [0.3, 0.4) is 0 Å². The normalized spacial score (nSPS) is 11.8. The van der Waals surface area contributed by atoms with Gasteiger partial charge in [0.15, 0.2) is 6.61 Å². The number of benzene rings is 2. The molecule has 0 bridgehead atoms. The molecule has 0 radical (unpaired) electrons. The molecule has 200 valence electrons. The number of hydrogen-bond acceptors (Lipinski definition) is 4. The fraction of sp³-hybridized carbons (Fsp3) is 0.536. The average molecular weight is 510 g/mol. The van der Waals surface area contributed by atoms with Crippen molar-refractivity contribution in [1.29, 1.82) is 0 Å². The van der Waals surface area contributed by atoms with Crippen molar-refractivity contribution in [2.45, 2.75) is 83.5 Å². The molecule has 2 N–H and O–H groups in total. The molecule has 5 nitrogen and oxygen atoms in total. The molecule has 0 heterocycles. The Morgan fingerprint density at radius 2 is 1.17 bits per heavy atom. The Bertz CT molecular complexity index is 870. The minimum absolute atomic E-state index is 0.161. The number of rotatable bonds is 18. The van der Waals surface area contributed by atoms with Crippen molar-refractivity contribution in [2.75, 3.05) is 13.2 Å². The highest BCUT2D eigenvalue weighted by Gasteiger charge is 2.30. The predicted molar refractivity (Wildman–Crippen MR) is 133 cm³/mol. The van der Waals surface area contributed by atoms with E-state index in [9.17, 15) is 18.0 Å². The van der Waals surface area contributed by atoms with E-state index in [1.807, 2.05) is 12.1 Å². The topological polar surface area (TPSA) is 70.0 Å². The number of hydrogen-bond donors (Lipinski definition) is 2. The SMILES string of the molecule is O=C(O)CON(Cc1ccc(CCCCCCCCCCCO)cc1)Cc1ccc(C(F)(F)F)cc1. The quantitative estimate of drug-likeness (QED) is 0.171. The zero-order valence-electron chi connectivity index (χ0n) is 20.8. The lowest BCUT2D eigenvalue weighted by atomic mass is 10.0. The molecule has 0 aliphatic heterocycles. The Morgan fingerprint density at radius 3 is 1.64 bits per heavy atom. The van der Waals surface area contributed by atoms with Crippen LogP contribution in [-0.4, -0.2) is 34.5 Å². The van der Waals surface area contributed by atoms with Crippen molar-refractivity contribution in [3.05, 3.63) is 70.8 Å². The number of carboxylic acids is 1. The van der Waals surface area contributed by atoms with Gasteiger partial charge in [0.25, 0.3) is 0 Å². The van der Waals surface area contributed by atoms with E-state index in [0.717, 1.165) is 43.4 Å². The molecule has 0 aromatic heterocycles. The van der Waals surface area contributed by atoms with Gasteiger partial charge in [0.2, 0.25) is 0 Å². The Labute approximate surface area is 211 Å². The van der Waals surface area contributed by atoms with E-state index in [0.29, 0.717) is 18.7 Å². The van der Waals surface area contributed by atoms with Gasteiger partial charge in [-0.15, -0.1) is 0 Å². The molecule has 2 rings (SSSR count). The van der Waals surface area contributed by atoms with Crippen molar-refractivity contribution in [3.8, 4) is 0 Å². The number of aliphatic hydroxyl groups is 1. The first-order valence-electron chi connectivity index (χ1n) is 12.7. The molecule has 0 unspecified atom stereocenters. The molecule has 2 aromatic carbocycles. The Hall–Kier alpha value is -2.42. The minimum Gasteiger partial charge on any atom is -0.479 e. The lowest BCUT2D eigenvalue weighted by Crippen LogP contribution is -2.26. The minimum atomic E-state index is -4.40. The van der Waals surface area contributed by atoms with Gasteiger partial charge >= 0.3 is 12.1 Å². The number of halogens is 3. The van der Waals surface area contributed by atoms with Crippen molar-refractivity contribution in [1.82, 2.24) is 5.06 Å². The maximum Gasteiger partial charge on any atom is 0.416 e. The van der Waals surface area contributed by atoms with E-state index < -0.39 is 24.3 Å². The van der Waals surface area contributed by atoms with Gasteiger partial charge in [-0.25, -0.2) is 4.79 Å². The predicted octanol–water partition coefficient (Wildman–Crippen LogP) is 6.77. The first-order chi connectivity index (χ1) is 17.3. The van der Waals surface area contributed by atoms with Crippen LogP contribution in [0, 0.1) is 0 Å². The largest absolute Gasteiger partial charge is 0.479 e. The molecule has 0 fully saturated rings. The number of hydroxylamine groups is 2. The third-order valence-corrected chi connectivity index (χ3v) is 6.02. The highest BCUT2D eigenvalue weighted by atomic mass is 19.4. The fourth-order valence-corrected chi connectivity index (χ4v) is 3.99. The third-order valence-electron chi connectivity index (χ3n) is 6.02. The van der Waals surface area contributed by atoms with Gasteiger partial charge in [-0.05, 0) is 48.1 Å². The first-order valence-corrected chi connectivity index (χ1v) is 12.7. The van der Waals surface area contributed by atoms with Crippen LogP contribution in [0.5, 0.6) is 0 Å². The van der Waals surface area contributed by atoms with Gasteiger partial charge in [-0.1, -0.05) is 81.3 Å². The smallest absolute Gasteiger partial charge is 0.416 e. The van der Waals surface area contributed by atoms with Crippen LogP contribution in [0.2, 0.25) is 0 Å². The summed E-state index contributed by atoms with van der Waals surface area (Å²) in [4.78, 5) is 16.3. The van der Waals surface area contributed by atoms with Gasteiger partial charge < -0.3 is 10.2 Å². The number of aliphatic carboxylic acids is 1. The van der Waals surface area contributed by atoms with Gasteiger partial charge in [-0.2, -0.15) is 18.2 Å². The van der Waals surface area contributed by atoms with Crippen LogP contribution in [0.4, 0.5) is 13.2 Å². The highest BCUT2D eigenvalue weighted by Crippen LogP contribution is 2.29. The maximum absolute atomic E-state index is 12.8. The molecule has 2 aromatic rings. The standard InChI is InChI=1S/C28H38F3NO4/c29-28(30,31)26-17-15-25(16-18-26)21-32(36-22-27(34)35)20-24-13-11-23(12-14-24)10-8-6-4-2-1-3-5-7-9-19-33/h11-18,33H,1-10,19-22H2,(H,34,35). The fourth-order valence-electron chi connectivity index (χ4n) is 3.99. The summed E-state index contributed by atoms with van der Waals surface area (Å²) in [6.45, 7) is 0.239. The first kappa shape index (κ1) is 29.8. The lowest BCUT2D eigenvalue weighted by molar-refractivity contribution is -0.190. The van der Waals surface area contributed by atoms with Crippen molar-refractivity contribution < 1.29 is 33.0 Å². The number of alkyl halides is 3. The number of aliphatic hydroxyl groups excluding tert-OH is 1. The molecule has 36 heavy (non-hydrogen) atoms. The molecular formula is C28H38F3NO4. The molecule has 8 heteroatoms. The van der Waals surface area contributed by atoms with E-state index in [-0.39, 0.29) is 6.54 Å². The Kier molecular flexibility index (Phi) is 13.5. The summed E-state index contributed by atoms with van der Waals surface area (Å²) in [7, 11) is 0. The number of unbranched alkanes of at least 4 members (excludes halogenated alkanes) is 8. The zero-order chi connectivity index (χ0) is 26.2. The summed E-state index contributed by atoms with van der Waals surface area (Å²) in [6.07, 6.45) is 7.14. The summed E-state index contributed by atoms with van der Waals surface area (Å²) < 4.78 is 38.4. The molecule has 0 spiro atoms. The summed E-state index contributed by atoms with van der Waals surface area (Å²) in [5.41, 5.74) is 2.03. The third kappa shape index (κ3) is 12.5. The zero-order valence-corrected chi connectivity index (χ0v) is 20.8. The number of nitrogens with zero attached hydrogens (tertiary/aromatic N) is 1. The average Bonchev–Trinajstić information content (AvgIpc) is 2.84. The molecule has 0 amide bonds. The van der Waals surface area contributed by atoms with Gasteiger partial charge in [0.1, 0.15) is 0 Å². The van der Waals surface area contributed by atoms with Crippen LogP contribution in [0.1, 0.15) is 80.0 Å². The maximum atomic E-state index is 12.8. The van der Waals surface area contributed by atoms with E-state index in [1.54, 1.807) is 0 Å². The summed E-state index contributed by atoms with van der Waals surface area (Å²) in [5, 5.41) is 19.2. The summed E-state index contributed by atoms with van der Waals surface area (Å²) >= 11 is 0. The second kappa shape index (κ2) is 16.3. The highest BCUT2D eigenvalue weighted by molar-refractivity contribution is 5.67. The summed E-state index contributed by atoms with van der Waals surface area (Å²) in [6, 6.07) is 12.9. The van der Waals surface area contributed by atoms with E-state index in [4.69, 9.17) is 15.1 Å². The van der Waals surface area contributed by atoms with Gasteiger partial charge in [0.05, 0.1) is 5.56 Å². The number of aryl methyl sites for hydroxylation is 1. The van der Waals surface area contributed by atoms with Crippen LogP contribution in [0.25, 0.3) is 0 Å². The number of carbonyl (C=O) groups is 1. The molecule has 0 atom stereocenters. The van der Waals surface area contributed by atoms with Crippen LogP contribution >= 0.6 is 0 Å². The molecule has 0 saturated carbocycles. The van der Waals surface area contributed by atoms with Crippen molar-refractivity contribution >= 4 is 5.97 Å².